The fourth-order valence-electron chi connectivity index (χ4n) is 1.61. The molecule has 0 saturated heterocycles. The molecule has 3 heteroatoms. The Balaban J connectivity index is 2.40. The van der Waals surface area contributed by atoms with Crippen LogP contribution in [-0.4, -0.2) is 18.5 Å². The van der Waals surface area contributed by atoms with Crippen LogP contribution in [0.15, 0.2) is 11.5 Å². The first-order valence-electron chi connectivity index (χ1n) is 5.75. The van der Waals surface area contributed by atoms with E-state index in [1.165, 1.54) is 0 Å². The molecule has 1 heterocycles. The van der Waals surface area contributed by atoms with Crippen LogP contribution in [0.2, 0.25) is 0 Å². The highest BCUT2D eigenvalue weighted by Crippen LogP contribution is 2.24. The van der Waals surface area contributed by atoms with Crippen LogP contribution < -0.4 is 0 Å². The second-order valence-electron chi connectivity index (χ2n) is 3.82. The standard InChI is InChI=1S/C12H20O3/c1-4-6-7-8-14-12-9(3)15-10(5-2)11(12)13/h10H,4-8H2,1-3H3. The van der Waals surface area contributed by atoms with Gasteiger partial charge in [0.05, 0.1) is 6.61 Å². The number of hydrogen-bond acceptors (Lipinski definition) is 3. The van der Waals surface area contributed by atoms with Gasteiger partial charge in [-0.3, -0.25) is 4.79 Å². The topological polar surface area (TPSA) is 35.5 Å². The lowest BCUT2D eigenvalue weighted by Crippen LogP contribution is -2.18. The molecule has 0 aromatic rings. The molecule has 0 amide bonds. The molecule has 0 aliphatic carbocycles. The minimum atomic E-state index is -0.314. The molecule has 1 atom stereocenters. The third-order valence-electron chi connectivity index (χ3n) is 2.52. The summed E-state index contributed by atoms with van der Waals surface area (Å²) in [5.74, 6) is 1.09. The molecule has 0 saturated carbocycles. The Bertz CT molecular complexity index is 256. The molecule has 0 bridgehead atoms. The summed E-state index contributed by atoms with van der Waals surface area (Å²) in [5.41, 5.74) is 0. The molecule has 3 nitrogen and oxygen atoms in total. The first-order chi connectivity index (χ1) is 7.20. The van der Waals surface area contributed by atoms with Crippen molar-refractivity contribution in [3.05, 3.63) is 11.5 Å². The Morgan fingerprint density at radius 1 is 1.33 bits per heavy atom. The van der Waals surface area contributed by atoms with Gasteiger partial charge in [-0.25, -0.2) is 0 Å². The number of rotatable bonds is 6. The molecular weight excluding hydrogens is 192 g/mol. The number of hydrogen-bond donors (Lipinski definition) is 0. The molecule has 86 valence electrons. The summed E-state index contributed by atoms with van der Waals surface area (Å²) in [6, 6.07) is 0. The van der Waals surface area contributed by atoms with Crippen LogP contribution in [0.4, 0.5) is 0 Å². The van der Waals surface area contributed by atoms with Crippen LogP contribution in [0.5, 0.6) is 0 Å². The van der Waals surface area contributed by atoms with Crippen molar-refractivity contribution in [3.63, 3.8) is 0 Å². The second-order valence-corrected chi connectivity index (χ2v) is 3.82. The Morgan fingerprint density at radius 3 is 2.60 bits per heavy atom. The number of allylic oxidation sites excluding steroid dienone is 1. The molecule has 0 N–H and O–H groups in total. The highest BCUT2D eigenvalue weighted by Gasteiger charge is 2.33. The number of ketones is 1. The highest BCUT2D eigenvalue weighted by molar-refractivity contribution is 5.99. The number of unbranched alkanes of at least 4 members (excludes halogenated alkanes) is 2. The van der Waals surface area contributed by atoms with Crippen molar-refractivity contribution in [3.8, 4) is 0 Å². The van der Waals surface area contributed by atoms with E-state index in [1.807, 2.05) is 6.92 Å². The SMILES string of the molecule is CCCCCOC1=C(C)OC(CC)C1=O. The van der Waals surface area contributed by atoms with Crippen LogP contribution in [0.25, 0.3) is 0 Å². The molecule has 1 aliphatic rings. The summed E-state index contributed by atoms with van der Waals surface area (Å²) < 4.78 is 10.9. The molecule has 0 aromatic heterocycles. The Hall–Kier alpha value is -0.990. The maximum atomic E-state index is 11.7. The van der Waals surface area contributed by atoms with E-state index < -0.39 is 0 Å². The first kappa shape index (κ1) is 12.1. The van der Waals surface area contributed by atoms with Gasteiger partial charge in [0.15, 0.2) is 6.10 Å². The van der Waals surface area contributed by atoms with Crippen molar-refractivity contribution in [2.24, 2.45) is 0 Å². The van der Waals surface area contributed by atoms with Gasteiger partial charge in [0.2, 0.25) is 11.5 Å². The normalized spacial score (nSPS) is 20.7. The fourth-order valence-corrected chi connectivity index (χ4v) is 1.61. The number of ether oxygens (including phenoxy) is 2. The fraction of sp³-hybridized carbons (Fsp3) is 0.750. The molecule has 1 rings (SSSR count). The number of carbonyl (C=O) groups is 1. The minimum Gasteiger partial charge on any atom is -0.487 e. The number of carbonyl (C=O) groups excluding carboxylic acids is 1. The van der Waals surface area contributed by atoms with Gasteiger partial charge in [-0.05, 0) is 19.8 Å². The molecule has 1 unspecified atom stereocenters. The summed E-state index contributed by atoms with van der Waals surface area (Å²) in [7, 11) is 0. The van der Waals surface area contributed by atoms with Crippen molar-refractivity contribution in [2.45, 2.75) is 52.6 Å². The Kier molecular flexibility index (Phi) is 4.66. The number of Topliss-reactive ketones (excluding diaryl/α,β-unsaturated/α-hetero) is 1. The molecule has 0 fully saturated rings. The summed E-state index contributed by atoms with van der Waals surface area (Å²) in [4.78, 5) is 11.7. The largest absolute Gasteiger partial charge is 0.487 e. The lowest BCUT2D eigenvalue weighted by atomic mass is 10.2. The summed E-state index contributed by atoms with van der Waals surface area (Å²) in [5, 5.41) is 0. The predicted molar refractivity (Wildman–Crippen MR) is 58.3 cm³/mol. The van der Waals surface area contributed by atoms with Crippen LogP contribution in [-0.2, 0) is 14.3 Å². The zero-order chi connectivity index (χ0) is 11.3. The van der Waals surface area contributed by atoms with E-state index in [-0.39, 0.29) is 11.9 Å². The average molecular weight is 212 g/mol. The van der Waals surface area contributed by atoms with Gasteiger partial charge in [-0.15, -0.1) is 0 Å². The van der Waals surface area contributed by atoms with Crippen LogP contribution in [0.3, 0.4) is 0 Å². The van der Waals surface area contributed by atoms with Crippen molar-refractivity contribution in [2.75, 3.05) is 6.61 Å². The lowest BCUT2D eigenvalue weighted by molar-refractivity contribution is -0.123. The average Bonchev–Trinajstić information content (AvgIpc) is 2.50. The van der Waals surface area contributed by atoms with E-state index in [4.69, 9.17) is 9.47 Å². The third-order valence-corrected chi connectivity index (χ3v) is 2.52. The lowest BCUT2D eigenvalue weighted by Gasteiger charge is -2.05. The quantitative estimate of drug-likeness (QED) is 0.635. The van der Waals surface area contributed by atoms with Crippen molar-refractivity contribution < 1.29 is 14.3 Å². The smallest absolute Gasteiger partial charge is 0.241 e. The van der Waals surface area contributed by atoms with Gasteiger partial charge in [-0.1, -0.05) is 26.7 Å². The van der Waals surface area contributed by atoms with Gasteiger partial charge >= 0.3 is 0 Å². The highest BCUT2D eigenvalue weighted by atomic mass is 16.5. The van der Waals surface area contributed by atoms with Gasteiger partial charge in [0.25, 0.3) is 0 Å². The van der Waals surface area contributed by atoms with Gasteiger partial charge in [-0.2, -0.15) is 0 Å². The van der Waals surface area contributed by atoms with Crippen molar-refractivity contribution in [1.82, 2.24) is 0 Å². The van der Waals surface area contributed by atoms with E-state index in [0.29, 0.717) is 24.5 Å². The van der Waals surface area contributed by atoms with Gasteiger partial charge in [0, 0.05) is 0 Å². The monoisotopic (exact) mass is 212 g/mol. The van der Waals surface area contributed by atoms with E-state index in [1.54, 1.807) is 6.92 Å². The third kappa shape index (κ3) is 2.98. The first-order valence-corrected chi connectivity index (χ1v) is 5.75. The van der Waals surface area contributed by atoms with E-state index >= 15 is 0 Å². The zero-order valence-corrected chi connectivity index (χ0v) is 9.84. The van der Waals surface area contributed by atoms with Crippen molar-refractivity contribution in [1.29, 1.82) is 0 Å². The van der Waals surface area contributed by atoms with Crippen molar-refractivity contribution >= 4 is 5.78 Å². The molecule has 0 radical (unpaired) electrons. The summed E-state index contributed by atoms with van der Waals surface area (Å²) in [6.07, 6.45) is 3.68. The predicted octanol–water partition coefficient (Wildman–Crippen LogP) is 2.80. The van der Waals surface area contributed by atoms with Gasteiger partial charge in [0.1, 0.15) is 5.76 Å². The minimum absolute atomic E-state index is 0.00602. The maximum Gasteiger partial charge on any atom is 0.241 e. The second kappa shape index (κ2) is 5.79. The van der Waals surface area contributed by atoms with E-state index in [0.717, 1.165) is 19.3 Å². The van der Waals surface area contributed by atoms with Crippen LogP contribution in [0.1, 0.15) is 46.5 Å². The van der Waals surface area contributed by atoms with E-state index in [9.17, 15) is 4.79 Å². The zero-order valence-electron chi connectivity index (χ0n) is 9.84. The molecular formula is C12H20O3. The Morgan fingerprint density at radius 2 is 2.07 bits per heavy atom. The van der Waals surface area contributed by atoms with E-state index in [2.05, 4.69) is 6.92 Å². The maximum absolute atomic E-state index is 11.7. The molecule has 0 spiro atoms. The van der Waals surface area contributed by atoms with Gasteiger partial charge < -0.3 is 9.47 Å². The summed E-state index contributed by atoms with van der Waals surface area (Å²) >= 11 is 0. The molecule has 1 aliphatic heterocycles. The molecule has 15 heavy (non-hydrogen) atoms. The van der Waals surface area contributed by atoms with Crippen LogP contribution >= 0.6 is 0 Å². The summed E-state index contributed by atoms with van der Waals surface area (Å²) in [6.45, 7) is 6.49. The van der Waals surface area contributed by atoms with Crippen LogP contribution in [0, 0.1) is 0 Å². The molecule has 0 aromatic carbocycles. The Labute approximate surface area is 91.4 Å².